The molecule has 7 N–H and O–H groups in total. The summed E-state index contributed by atoms with van der Waals surface area (Å²) in [6, 6.07) is 3.34. The molecule has 0 aliphatic rings. The van der Waals surface area contributed by atoms with Crippen molar-refractivity contribution in [1.82, 2.24) is 10.6 Å². The van der Waals surface area contributed by atoms with E-state index >= 15 is 0 Å². The Morgan fingerprint density at radius 2 is 1.66 bits per heavy atom. The number of hydrogen-bond donors (Lipinski definition) is 5. The van der Waals surface area contributed by atoms with Crippen LogP contribution in [-0.4, -0.2) is 65.4 Å². The summed E-state index contributed by atoms with van der Waals surface area (Å²) in [7, 11) is 1.33. The fraction of sp³-hybridized carbons (Fsp3) is 0.400. The molecule has 19 nitrogen and oxygen atoms in total. The average Bonchev–Trinajstić information content (AvgIpc) is 2.96. The van der Waals surface area contributed by atoms with Gasteiger partial charge in [0.25, 0.3) is 17.1 Å². The molecular weight excluding hydrogens is 586 g/mol. The number of nitro groups is 3. The maximum absolute atomic E-state index is 13.3. The highest BCUT2D eigenvalue weighted by Gasteiger charge is 2.28. The highest BCUT2D eigenvalue weighted by atomic mass is 16.6. The molecule has 2 amide bonds. The molecule has 0 heterocycles. The van der Waals surface area contributed by atoms with Gasteiger partial charge in [0, 0.05) is 12.6 Å². The van der Waals surface area contributed by atoms with E-state index in [0.717, 1.165) is 18.2 Å². The van der Waals surface area contributed by atoms with Crippen molar-refractivity contribution in [3.8, 4) is 11.5 Å². The number of methoxy groups -OCH3 is 1. The number of nitrogens with two attached hydrogens (primary N) is 2. The first-order valence-electron chi connectivity index (χ1n) is 13.1. The van der Waals surface area contributed by atoms with Crippen LogP contribution in [-0.2, 0) is 9.59 Å². The van der Waals surface area contributed by atoms with Gasteiger partial charge in [0.1, 0.15) is 11.7 Å². The summed E-state index contributed by atoms with van der Waals surface area (Å²) in [6.07, 6.45) is 0.302. The second-order valence-corrected chi connectivity index (χ2v) is 9.12. The number of ether oxygens (including phenoxy) is 2. The van der Waals surface area contributed by atoms with Crippen molar-refractivity contribution in [1.29, 1.82) is 0 Å². The highest BCUT2D eigenvalue weighted by molar-refractivity contribution is 5.89. The molecule has 44 heavy (non-hydrogen) atoms. The lowest BCUT2D eigenvalue weighted by molar-refractivity contribution is -0.393. The number of anilines is 1. The van der Waals surface area contributed by atoms with Gasteiger partial charge >= 0.3 is 0 Å². The number of carbonyl (C=O) groups excluding carboxylic acids is 2. The Balaban J connectivity index is 2.26. The number of carbonyl (C=O) groups is 2. The van der Waals surface area contributed by atoms with E-state index in [9.17, 15) is 39.9 Å². The number of nitro benzene ring substituents is 3. The molecule has 0 aliphatic carbocycles. The van der Waals surface area contributed by atoms with Crippen LogP contribution in [0.5, 0.6) is 11.5 Å². The van der Waals surface area contributed by atoms with E-state index in [-0.39, 0.29) is 60.4 Å². The molecule has 0 spiro atoms. The van der Waals surface area contributed by atoms with Crippen LogP contribution in [0.2, 0.25) is 0 Å². The molecule has 0 fully saturated rings. The highest BCUT2D eigenvalue weighted by Crippen LogP contribution is 2.37. The number of non-ortho nitro benzene ring substituents is 1. The lowest BCUT2D eigenvalue weighted by Gasteiger charge is -2.22. The standard InChI is InChI=1S/C25H33N9O10/c1-4-44-22-11-16(19(33(39)40)12-21(22)43-3)14(2)30-24(36)18(6-5-9-28-25(26)27)31-23(35)13-29-17-8-7-15(32(37)38)10-20(17)34(41)42/h7-8,10-12,14,18,29H,4-6,9,13H2,1-3H3,(H,30,36)(H,31,35)(H4,26,27,28). The Hall–Kier alpha value is -5.75. The Labute approximate surface area is 250 Å². The second-order valence-electron chi connectivity index (χ2n) is 9.12. The quantitative estimate of drug-likeness (QED) is 0.0554. The van der Waals surface area contributed by atoms with Crippen molar-refractivity contribution in [2.45, 2.75) is 38.8 Å². The lowest BCUT2D eigenvalue weighted by Crippen LogP contribution is -2.48. The smallest absolute Gasteiger partial charge is 0.299 e. The van der Waals surface area contributed by atoms with Crippen LogP contribution in [0.3, 0.4) is 0 Å². The van der Waals surface area contributed by atoms with Gasteiger partial charge in [-0.3, -0.25) is 44.9 Å². The summed E-state index contributed by atoms with van der Waals surface area (Å²) in [5.74, 6) is -1.26. The minimum Gasteiger partial charge on any atom is -0.493 e. The van der Waals surface area contributed by atoms with E-state index in [0.29, 0.717) is 0 Å². The largest absolute Gasteiger partial charge is 0.493 e. The predicted molar refractivity (Wildman–Crippen MR) is 157 cm³/mol. The topological polar surface area (TPSA) is 283 Å². The van der Waals surface area contributed by atoms with Gasteiger partial charge in [-0.05, 0) is 38.8 Å². The van der Waals surface area contributed by atoms with Crippen LogP contribution < -0.4 is 36.9 Å². The van der Waals surface area contributed by atoms with Crippen molar-refractivity contribution >= 4 is 40.5 Å². The summed E-state index contributed by atoms with van der Waals surface area (Å²) in [4.78, 5) is 61.8. The molecule has 2 rings (SSSR count). The summed E-state index contributed by atoms with van der Waals surface area (Å²) in [6.45, 7) is 3.07. The summed E-state index contributed by atoms with van der Waals surface area (Å²) < 4.78 is 10.7. The van der Waals surface area contributed by atoms with Crippen LogP contribution >= 0.6 is 0 Å². The third-order valence-corrected chi connectivity index (χ3v) is 6.06. The van der Waals surface area contributed by atoms with Gasteiger partial charge in [-0.15, -0.1) is 0 Å². The number of guanidine groups is 1. The van der Waals surface area contributed by atoms with Crippen LogP contribution in [0.1, 0.15) is 38.3 Å². The number of nitrogens with zero attached hydrogens (tertiary/aromatic N) is 4. The van der Waals surface area contributed by atoms with Crippen molar-refractivity contribution < 1.29 is 33.8 Å². The van der Waals surface area contributed by atoms with E-state index < -0.39 is 56.6 Å². The van der Waals surface area contributed by atoms with Gasteiger partial charge in [-0.25, -0.2) is 0 Å². The van der Waals surface area contributed by atoms with E-state index in [1.165, 1.54) is 26.2 Å². The molecular formula is C25H33N9O10. The molecule has 0 saturated carbocycles. The van der Waals surface area contributed by atoms with Crippen LogP contribution in [0, 0.1) is 30.3 Å². The number of nitrogens with one attached hydrogen (secondary N) is 3. The molecule has 2 aromatic rings. The number of aliphatic imine (C=N–C) groups is 1. The molecule has 0 saturated heterocycles. The van der Waals surface area contributed by atoms with Gasteiger partial charge < -0.3 is 36.9 Å². The summed E-state index contributed by atoms with van der Waals surface area (Å²) >= 11 is 0. The molecule has 2 atom stereocenters. The zero-order chi connectivity index (χ0) is 33.0. The second kappa shape index (κ2) is 16.0. The van der Waals surface area contributed by atoms with Gasteiger partial charge in [0.15, 0.2) is 17.5 Å². The Kier molecular flexibility index (Phi) is 12.6. The monoisotopic (exact) mass is 619 g/mol. The molecule has 2 unspecified atom stereocenters. The SMILES string of the molecule is CCOc1cc(C(C)NC(=O)C(CCCN=C(N)N)NC(=O)CNc2ccc([N+](=O)[O-])cc2[N+](=O)[O-])c([N+](=O)[O-])cc1OC. The predicted octanol–water partition coefficient (Wildman–Crippen LogP) is 1.65. The van der Waals surface area contributed by atoms with Crippen LogP contribution in [0.15, 0.2) is 35.3 Å². The van der Waals surface area contributed by atoms with Crippen LogP contribution in [0.4, 0.5) is 22.7 Å². The molecule has 238 valence electrons. The van der Waals surface area contributed by atoms with Crippen LogP contribution in [0.25, 0.3) is 0 Å². The van der Waals surface area contributed by atoms with Gasteiger partial charge in [-0.1, -0.05) is 0 Å². The lowest BCUT2D eigenvalue weighted by atomic mass is 10.0. The fourth-order valence-electron chi connectivity index (χ4n) is 4.02. The number of amides is 2. The van der Waals surface area contributed by atoms with Crippen molar-refractivity contribution in [3.63, 3.8) is 0 Å². The maximum atomic E-state index is 13.3. The minimum absolute atomic E-state index is 0.0493. The van der Waals surface area contributed by atoms with E-state index in [4.69, 9.17) is 20.9 Å². The molecule has 0 aromatic heterocycles. The Morgan fingerprint density at radius 3 is 2.23 bits per heavy atom. The minimum atomic E-state index is -1.17. The Morgan fingerprint density at radius 1 is 0.977 bits per heavy atom. The van der Waals surface area contributed by atoms with Crippen molar-refractivity contribution in [3.05, 3.63) is 66.2 Å². The molecule has 2 aromatic carbocycles. The zero-order valence-electron chi connectivity index (χ0n) is 24.1. The molecule has 0 bridgehead atoms. The van der Waals surface area contributed by atoms with Gasteiger partial charge in [-0.2, -0.15) is 0 Å². The van der Waals surface area contributed by atoms with Gasteiger partial charge in [0.05, 0.1) is 58.8 Å². The first-order valence-corrected chi connectivity index (χ1v) is 13.1. The zero-order valence-corrected chi connectivity index (χ0v) is 24.1. The normalized spacial score (nSPS) is 11.8. The van der Waals surface area contributed by atoms with Gasteiger partial charge in [0.2, 0.25) is 11.8 Å². The third-order valence-electron chi connectivity index (χ3n) is 6.06. The van der Waals surface area contributed by atoms with E-state index in [1.807, 2.05) is 0 Å². The maximum Gasteiger partial charge on any atom is 0.299 e. The Bertz CT molecular complexity index is 1430. The average molecular weight is 620 g/mol. The molecule has 19 heteroatoms. The first kappa shape index (κ1) is 34.5. The third kappa shape index (κ3) is 9.67. The van der Waals surface area contributed by atoms with Crippen molar-refractivity contribution in [2.24, 2.45) is 16.5 Å². The number of hydrogen-bond acceptors (Lipinski definition) is 12. The van der Waals surface area contributed by atoms with Crippen molar-refractivity contribution in [2.75, 3.05) is 32.1 Å². The van der Waals surface area contributed by atoms with E-state index in [1.54, 1.807) is 6.92 Å². The summed E-state index contributed by atoms with van der Waals surface area (Å²) in [5, 5.41) is 41.9. The first-order chi connectivity index (χ1) is 20.8. The fourth-order valence-corrected chi connectivity index (χ4v) is 4.02. The number of rotatable bonds is 17. The number of benzene rings is 2. The van der Waals surface area contributed by atoms with E-state index in [2.05, 4.69) is 20.9 Å². The molecule has 0 radical (unpaired) electrons. The molecule has 0 aliphatic heterocycles. The summed E-state index contributed by atoms with van der Waals surface area (Å²) in [5.41, 5.74) is 9.17.